The number of nitrogens with one attached hydrogen (secondary N) is 1. The van der Waals surface area contributed by atoms with Crippen molar-refractivity contribution in [2.24, 2.45) is 0 Å². The lowest BCUT2D eigenvalue weighted by molar-refractivity contribution is -0.121. The van der Waals surface area contributed by atoms with Crippen LogP contribution in [0, 0.1) is 6.92 Å². The van der Waals surface area contributed by atoms with Gasteiger partial charge in [-0.15, -0.1) is 0 Å². The maximum Gasteiger partial charge on any atom is 0.248 e. The summed E-state index contributed by atoms with van der Waals surface area (Å²) in [4.78, 5) is 16.0. The molecule has 0 saturated carbocycles. The Morgan fingerprint density at radius 1 is 1.45 bits per heavy atom. The van der Waals surface area contributed by atoms with Crippen LogP contribution in [-0.4, -0.2) is 16.0 Å². The molecule has 0 aliphatic carbocycles. The quantitative estimate of drug-likeness (QED) is 0.920. The molecule has 2 rings (SSSR count). The van der Waals surface area contributed by atoms with E-state index in [2.05, 4.69) is 15.5 Å². The van der Waals surface area contributed by atoms with Crippen molar-refractivity contribution in [3.63, 3.8) is 0 Å². The molecule has 0 saturated heterocycles. The van der Waals surface area contributed by atoms with Crippen LogP contribution in [0.15, 0.2) is 28.8 Å². The van der Waals surface area contributed by atoms with Gasteiger partial charge in [-0.2, -0.15) is 4.98 Å². The van der Waals surface area contributed by atoms with Crippen molar-refractivity contribution in [1.82, 2.24) is 15.5 Å². The topological polar surface area (TPSA) is 68.0 Å². The number of halogens is 1. The molecule has 106 valence electrons. The van der Waals surface area contributed by atoms with E-state index >= 15 is 0 Å². The fourth-order valence-corrected chi connectivity index (χ4v) is 2.04. The zero-order chi connectivity index (χ0) is 14.5. The van der Waals surface area contributed by atoms with Gasteiger partial charge in [0, 0.05) is 11.4 Å². The summed E-state index contributed by atoms with van der Waals surface area (Å²) in [7, 11) is 0. The Labute approximate surface area is 122 Å². The van der Waals surface area contributed by atoms with E-state index in [9.17, 15) is 4.79 Å². The summed E-state index contributed by atoms with van der Waals surface area (Å²) in [6.07, 6.45) is 0.961. The zero-order valence-electron chi connectivity index (χ0n) is 11.4. The van der Waals surface area contributed by atoms with Gasteiger partial charge in [-0.25, -0.2) is 0 Å². The minimum atomic E-state index is -0.296. The number of carbonyl (C=O) groups is 1. The van der Waals surface area contributed by atoms with Crippen LogP contribution >= 0.6 is 11.6 Å². The monoisotopic (exact) mass is 293 g/mol. The molecule has 0 bridgehead atoms. The van der Waals surface area contributed by atoms with Crippen LogP contribution in [0.1, 0.15) is 36.7 Å². The lowest BCUT2D eigenvalue weighted by Crippen LogP contribution is -2.27. The summed E-state index contributed by atoms with van der Waals surface area (Å²) >= 11 is 6.05. The molecule has 1 aromatic heterocycles. The second-order valence-corrected chi connectivity index (χ2v) is 4.97. The minimum Gasteiger partial charge on any atom is -0.345 e. The smallest absolute Gasteiger partial charge is 0.248 e. The van der Waals surface area contributed by atoms with E-state index in [1.54, 1.807) is 13.8 Å². The Hall–Kier alpha value is -1.88. The van der Waals surface area contributed by atoms with Crippen molar-refractivity contribution in [1.29, 1.82) is 0 Å². The Morgan fingerprint density at radius 3 is 2.85 bits per heavy atom. The maximum absolute atomic E-state index is 11.9. The molecule has 2 aromatic rings. The highest BCUT2D eigenvalue weighted by Gasteiger charge is 2.15. The van der Waals surface area contributed by atoms with Gasteiger partial charge < -0.3 is 9.84 Å². The highest BCUT2D eigenvalue weighted by atomic mass is 35.5. The maximum atomic E-state index is 11.9. The summed E-state index contributed by atoms with van der Waals surface area (Å²) in [5.74, 6) is 0.888. The Bertz CT molecular complexity index is 598. The molecule has 1 aromatic carbocycles. The van der Waals surface area contributed by atoms with E-state index in [4.69, 9.17) is 16.1 Å². The van der Waals surface area contributed by atoms with Crippen LogP contribution in [-0.2, 0) is 11.2 Å². The Kier molecular flexibility index (Phi) is 4.74. The molecule has 1 atom stereocenters. The van der Waals surface area contributed by atoms with Gasteiger partial charge in [-0.1, -0.05) is 35.0 Å². The van der Waals surface area contributed by atoms with Gasteiger partial charge in [0.2, 0.25) is 11.8 Å². The molecule has 20 heavy (non-hydrogen) atoms. The van der Waals surface area contributed by atoms with Gasteiger partial charge in [-0.05, 0) is 31.9 Å². The van der Waals surface area contributed by atoms with E-state index in [0.717, 1.165) is 5.56 Å². The number of hydrogen-bond acceptors (Lipinski definition) is 4. The number of nitrogens with zero attached hydrogens (tertiary/aromatic N) is 2. The van der Waals surface area contributed by atoms with Crippen molar-refractivity contribution in [3.8, 4) is 0 Å². The van der Waals surface area contributed by atoms with Gasteiger partial charge in [0.25, 0.3) is 0 Å². The lowest BCUT2D eigenvalue weighted by atomic mass is 10.1. The van der Waals surface area contributed by atoms with Crippen molar-refractivity contribution in [2.45, 2.75) is 32.7 Å². The fourth-order valence-electron chi connectivity index (χ4n) is 1.81. The third-order valence-electron chi connectivity index (χ3n) is 2.87. The molecular formula is C14H16ClN3O2. The first-order chi connectivity index (χ1) is 9.56. The van der Waals surface area contributed by atoms with Crippen LogP contribution in [0.2, 0.25) is 5.02 Å². The molecule has 0 unspecified atom stereocenters. The largest absolute Gasteiger partial charge is 0.345 e. The van der Waals surface area contributed by atoms with E-state index < -0.39 is 0 Å². The number of aryl methyl sites for hydroxylation is 2. The molecule has 6 heteroatoms. The van der Waals surface area contributed by atoms with Gasteiger partial charge in [0.1, 0.15) is 6.04 Å². The highest BCUT2D eigenvalue weighted by molar-refractivity contribution is 6.31. The summed E-state index contributed by atoms with van der Waals surface area (Å²) in [6.45, 7) is 3.54. The van der Waals surface area contributed by atoms with Crippen LogP contribution in [0.4, 0.5) is 0 Å². The zero-order valence-corrected chi connectivity index (χ0v) is 12.1. The molecule has 0 aliphatic rings. The second-order valence-electron chi connectivity index (χ2n) is 4.56. The third-order valence-corrected chi connectivity index (χ3v) is 3.24. The summed E-state index contributed by atoms with van der Waals surface area (Å²) in [5.41, 5.74) is 0.964. The predicted molar refractivity (Wildman–Crippen MR) is 75.4 cm³/mol. The second kappa shape index (κ2) is 6.52. The number of hydrogen-bond donors (Lipinski definition) is 1. The molecule has 5 nitrogen and oxygen atoms in total. The Morgan fingerprint density at radius 2 is 2.20 bits per heavy atom. The minimum absolute atomic E-state index is 0.0757. The van der Waals surface area contributed by atoms with E-state index in [0.29, 0.717) is 29.6 Å². The average molecular weight is 294 g/mol. The molecule has 1 N–H and O–H groups in total. The van der Waals surface area contributed by atoms with Crippen LogP contribution in [0.25, 0.3) is 0 Å². The first-order valence-electron chi connectivity index (χ1n) is 6.39. The van der Waals surface area contributed by atoms with Gasteiger partial charge in [0.15, 0.2) is 5.82 Å². The van der Waals surface area contributed by atoms with Crippen molar-refractivity contribution >= 4 is 17.5 Å². The first-order valence-corrected chi connectivity index (χ1v) is 6.77. The van der Waals surface area contributed by atoms with Crippen LogP contribution in [0.5, 0.6) is 0 Å². The summed E-state index contributed by atoms with van der Waals surface area (Å²) < 4.78 is 5.01. The molecule has 0 radical (unpaired) electrons. The number of rotatable bonds is 5. The van der Waals surface area contributed by atoms with Crippen LogP contribution < -0.4 is 5.32 Å². The first kappa shape index (κ1) is 14.5. The third kappa shape index (κ3) is 3.81. The number of amides is 1. The van der Waals surface area contributed by atoms with E-state index in [1.807, 2.05) is 24.3 Å². The van der Waals surface area contributed by atoms with Crippen LogP contribution in [0.3, 0.4) is 0 Å². The predicted octanol–water partition coefficient (Wildman–Crippen LogP) is 2.84. The number of aromatic nitrogens is 2. The van der Waals surface area contributed by atoms with Crippen molar-refractivity contribution in [2.75, 3.05) is 0 Å². The number of carbonyl (C=O) groups excluding carboxylic acids is 1. The van der Waals surface area contributed by atoms with Crippen molar-refractivity contribution < 1.29 is 9.32 Å². The summed E-state index contributed by atoms with van der Waals surface area (Å²) in [5, 5.41) is 7.20. The SMILES string of the molecule is Cc1noc([C@@H](C)NC(=O)CCc2ccccc2Cl)n1. The Balaban J connectivity index is 1.85. The molecular weight excluding hydrogens is 278 g/mol. The molecule has 1 heterocycles. The van der Waals surface area contributed by atoms with Gasteiger partial charge >= 0.3 is 0 Å². The summed E-state index contributed by atoms with van der Waals surface area (Å²) in [6, 6.07) is 7.21. The fraction of sp³-hybridized carbons (Fsp3) is 0.357. The van der Waals surface area contributed by atoms with Gasteiger partial charge in [0.05, 0.1) is 0 Å². The number of benzene rings is 1. The van der Waals surface area contributed by atoms with Crippen molar-refractivity contribution in [3.05, 3.63) is 46.6 Å². The molecule has 0 spiro atoms. The van der Waals surface area contributed by atoms with Gasteiger partial charge in [-0.3, -0.25) is 4.79 Å². The normalized spacial score (nSPS) is 12.2. The highest BCUT2D eigenvalue weighted by Crippen LogP contribution is 2.17. The standard InChI is InChI=1S/C14H16ClN3O2/c1-9(14-17-10(2)18-20-14)16-13(19)8-7-11-5-3-4-6-12(11)15/h3-6,9H,7-8H2,1-2H3,(H,16,19)/t9-/m1/s1. The average Bonchev–Trinajstić information content (AvgIpc) is 2.84. The molecule has 1 amide bonds. The lowest BCUT2D eigenvalue weighted by Gasteiger charge is -2.10. The molecule has 0 aliphatic heterocycles. The molecule has 0 fully saturated rings. The van der Waals surface area contributed by atoms with E-state index in [-0.39, 0.29) is 11.9 Å². The van der Waals surface area contributed by atoms with E-state index in [1.165, 1.54) is 0 Å².